The van der Waals surface area contributed by atoms with Gasteiger partial charge in [0, 0.05) is 20.2 Å². The molecule has 6 heteroatoms. The summed E-state index contributed by atoms with van der Waals surface area (Å²) in [6.07, 6.45) is 1.57. The molecule has 0 atom stereocenters. The summed E-state index contributed by atoms with van der Waals surface area (Å²) in [5.74, 6) is -0.397. The van der Waals surface area contributed by atoms with Gasteiger partial charge in [-0.05, 0) is 0 Å². The Bertz CT molecular complexity index is 518. The van der Waals surface area contributed by atoms with Crippen molar-refractivity contribution >= 4 is 22.8 Å². The molecular weight excluding hydrogens is 196 g/mol. The van der Waals surface area contributed by atoms with E-state index in [0.717, 1.165) is 5.82 Å². The number of hydrogen-bond donors (Lipinski definition) is 2. The van der Waals surface area contributed by atoms with E-state index < -0.39 is 5.97 Å². The molecule has 2 aromatic rings. The van der Waals surface area contributed by atoms with Gasteiger partial charge in [0.05, 0.1) is 17.2 Å². The number of fused-ring (bicyclic) bond motifs is 1. The maximum atomic E-state index is 10.7. The van der Waals surface area contributed by atoms with Gasteiger partial charge >= 0.3 is 5.97 Å². The summed E-state index contributed by atoms with van der Waals surface area (Å²) in [7, 11) is 3.72. The van der Waals surface area contributed by atoms with Crippen LogP contribution in [0.15, 0.2) is 12.3 Å². The van der Waals surface area contributed by atoms with E-state index in [2.05, 4.69) is 15.0 Å². The molecule has 0 radical (unpaired) electrons. The largest absolute Gasteiger partial charge is 0.475 e. The maximum Gasteiger partial charge on any atom is 0.371 e. The van der Waals surface area contributed by atoms with Crippen LogP contribution in [0, 0.1) is 0 Å². The Morgan fingerprint density at radius 1 is 1.53 bits per heavy atom. The van der Waals surface area contributed by atoms with Crippen LogP contribution in [0.5, 0.6) is 0 Å². The predicted molar refractivity (Wildman–Crippen MR) is 55.2 cm³/mol. The Labute approximate surface area is 85.6 Å². The van der Waals surface area contributed by atoms with Gasteiger partial charge in [0.2, 0.25) is 5.82 Å². The van der Waals surface area contributed by atoms with Crippen molar-refractivity contribution < 1.29 is 9.90 Å². The van der Waals surface area contributed by atoms with Crippen LogP contribution in [0.1, 0.15) is 10.6 Å². The first-order chi connectivity index (χ1) is 7.08. The van der Waals surface area contributed by atoms with E-state index in [4.69, 9.17) is 5.11 Å². The molecule has 0 aromatic carbocycles. The number of carbonyl (C=O) groups is 1. The predicted octanol–water partition coefficient (Wildman–Crippen LogP) is 0.722. The second kappa shape index (κ2) is 3.23. The molecule has 78 valence electrons. The van der Waals surface area contributed by atoms with Gasteiger partial charge in [-0.25, -0.2) is 14.8 Å². The molecule has 15 heavy (non-hydrogen) atoms. The molecule has 2 N–H and O–H groups in total. The Balaban J connectivity index is 2.57. The lowest BCUT2D eigenvalue weighted by Gasteiger charge is -2.09. The first-order valence-electron chi connectivity index (χ1n) is 4.34. The van der Waals surface area contributed by atoms with E-state index in [1.165, 1.54) is 0 Å². The summed E-state index contributed by atoms with van der Waals surface area (Å²) in [4.78, 5) is 23.2. The maximum absolute atomic E-state index is 10.7. The quantitative estimate of drug-likeness (QED) is 0.756. The topological polar surface area (TPSA) is 82.1 Å². The summed E-state index contributed by atoms with van der Waals surface area (Å²) >= 11 is 0. The highest BCUT2D eigenvalue weighted by Crippen LogP contribution is 2.15. The number of aromatic carboxylic acids is 1. The van der Waals surface area contributed by atoms with E-state index in [0.29, 0.717) is 11.0 Å². The Morgan fingerprint density at radius 2 is 2.27 bits per heavy atom. The van der Waals surface area contributed by atoms with E-state index in [1.807, 2.05) is 19.0 Å². The smallest absolute Gasteiger partial charge is 0.371 e. The van der Waals surface area contributed by atoms with Gasteiger partial charge in [-0.1, -0.05) is 0 Å². The minimum absolute atomic E-state index is 0.0669. The SMILES string of the molecule is CN(C)c1cc2nc(C(=O)O)[nH]c2cn1. The van der Waals surface area contributed by atoms with Crippen molar-refractivity contribution in [3.63, 3.8) is 0 Å². The lowest BCUT2D eigenvalue weighted by molar-refractivity contribution is 0.0685. The Kier molecular flexibility index (Phi) is 2.03. The average molecular weight is 206 g/mol. The fourth-order valence-electron chi connectivity index (χ4n) is 1.24. The summed E-state index contributed by atoms with van der Waals surface area (Å²) in [6.45, 7) is 0. The number of carboxylic acid groups (broad SMARTS) is 1. The van der Waals surface area contributed by atoms with Crippen LogP contribution in [0.3, 0.4) is 0 Å². The number of aromatic nitrogens is 3. The number of hydrogen-bond acceptors (Lipinski definition) is 4. The lowest BCUT2D eigenvalue weighted by atomic mass is 10.4. The molecule has 0 bridgehead atoms. The first-order valence-corrected chi connectivity index (χ1v) is 4.34. The number of nitrogens with zero attached hydrogens (tertiary/aromatic N) is 3. The third kappa shape index (κ3) is 1.61. The van der Waals surface area contributed by atoms with Crippen molar-refractivity contribution in [2.24, 2.45) is 0 Å². The lowest BCUT2D eigenvalue weighted by Crippen LogP contribution is -2.09. The molecule has 0 aliphatic rings. The number of aromatic amines is 1. The van der Waals surface area contributed by atoms with E-state index in [1.54, 1.807) is 12.3 Å². The van der Waals surface area contributed by atoms with Crippen LogP contribution < -0.4 is 4.90 Å². The molecule has 0 saturated carbocycles. The van der Waals surface area contributed by atoms with Gasteiger partial charge in [0.25, 0.3) is 0 Å². The highest BCUT2D eigenvalue weighted by Gasteiger charge is 2.10. The van der Waals surface area contributed by atoms with Gasteiger partial charge < -0.3 is 15.0 Å². The van der Waals surface area contributed by atoms with E-state index >= 15 is 0 Å². The molecule has 2 aromatic heterocycles. The summed E-state index contributed by atoms with van der Waals surface area (Å²) in [5, 5.41) is 8.74. The monoisotopic (exact) mass is 206 g/mol. The fourth-order valence-corrected chi connectivity index (χ4v) is 1.24. The highest BCUT2D eigenvalue weighted by atomic mass is 16.4. The molecule has 0 spiro atoms. The van der Waals surface area contributed by atoms with Crippen molar-refractivity contribution in [1.29, 1.82) is 0 Å². The van der Waals surface area contributed by atoms with Crippen LogP contribution in [0.4, 0.5) is 5.82 Å². The van der Waals surface area contributed by atoms with Crippen molar-refractivity contribution in [3.8, 4) is 0 Å². The van der Waals surface area contributed by atoms with E-state index in [9.17, 15) is 4.79 Å². The van der Waals surface area contributed by atoms with Crippen LogP contribution >= 0.6 is 0 Å². The van der Waals surface area contributed by atoms with Gasteiger partial charge in [-0.3, -0.25) is 0 Å². The summed E-state index contributed by atoms with van der Waals surface area (Å²) in [6, 6.07) is 1.73. The van der Waals surface area contributed by atoms with Crippen molar-refractivity contribution in [1.82, 2.24) is 15.0 Å². The minimum atomic E-state index is -1.07. The minimum Gasteiger partial charge on any atom is -0.475 e. The molecular formula is C9H10N4O2. The summed E-state index contributed by atoms with van der Waals surface area (Å²) < 4.78 is 0. The molecule has 2 heterocycles. The molecule has 0 saturated heterocycles. The van der Waals surface area contributed by atoms with Crippen LogP contribution in [-0.4, -0.2) is 40.1 Å². The zero-order valence-corrected chi connectivity index (χ0v) is 8.35. The number of rotatable bonds is 2. The molecule has 2 rings (SSSR count). The number of nitrogens with one attached hydrogen (secondary N) is 1. The number of H-pyrrole nitrogens is 1. The molecule has 6 nitrogen and oxygen atoms in total. The normalized spacial score (nSPS) is 10.5. The van der Waals surface area contributed by atoms with Gasteiger partial charge in [0.1, 0.15) is 5.82 Å². The number of anilines is 1. The van der Waals surface area contributed by atoms with Crippen molar-refractivity contribution in [3.05, 3.63) is 18.1 Å². The second-order valence-electron chi connectivity index (χ2n) is 3.34. The molecule has 0 aliphatic carbocycles. The third-order valence-electron chi connectivity index (χ3n) is 2.01. The van der Waals surface area contributed by atoms with Crippen molar-refractivity contribution in [2.75, 3.05) is 19.0 Å². The van der Waals surface area contributed by atoms with E-state index in [-0.39, 0.29) is 5.82 Å². The third-order valence-corrected chi connectivity index (χ3v) is 2.01. The fraction of sp³-hybridized carbons (Fsp3) is 0.222. The van der Waals surface area contributed by atoms with Gasteiger partial charge in [-0.15, -0.1) is 0 Å². The van der Waals surface area contributed by atoms with Crippen molar-refractivity contribution in [2.45, 2.75) is 0 Å². The number of imidazole rings is 1. The van der Waals surface area contributed by atoms with Gasteiger partial charge in [0.15, 0.2) is 0 Å². The molecule has 0 unspecified atom stereocenters. The second-order valence-corrected chi connectivity index (χ2v) is 3.34. The zero-order valence-electron chi connectivity index (χ0n) is 8.35. The van der Waals surface area contributed by atoms with Crippen LogP contribution in [0.25, 0.3) is 11.0 Å². The van der Waals surface area contributed by atoms with Crippen LogP contribution in [0.2, 0.25) is 0 Å². The standard InChI is InChI=1S/C9H10N4O2/c1-13(2)7-3-5-6(4-10-7)12-8(11-5)9(14)15/h3-4H,1-2H3,(H,11,12)(H,14,15). The highest BCUT2D eigenvalue weighted by molar-refractivity contribution is 5.89. The van der Waals surface area contributed by atoms with Gasteiger partial charge in [-0.2, -0.15) is 0 Å². The zero-order chi connectivity index (χ0) is 11.0. The average Bonchev–Trinajstić information content (AvgIpc) is 2.59. The van der Waals surface area contributed by atoms with Crippen LogP contribution in [-0.2, 0) is 0 Å². The number of carboxylic acids is 1. The first kappa shape index (κ1) is 9.45. The summed E-state index contributed by atoms with van der Waals surface area (Å²) in [5.41, 5.74) is 1.23. The Hall–Kier alpha value is -2.11. The molecule has 0 aliphatic heterocycles. The Morgan fingerprint density at radius 3 is 2.87 bits per heavy atom. The molecule has 0 fully saturated rings. The molecule has 0 amide bonds. The number of pyridine rings is 1.